The van der Waals surface area contributed by atoms with Crippen molar-refractivity contribution in [1.82, 2.24) is 19.5 Å². The van der Waals surface area contributed by atoms with Gasteiger partial charge in [0, 0.05) is 44.8 Å². The first-order valence-electron chi connectivity index (χ1n) is 19.1. The second-order valence-corrected chi connectivity index (χ2v) is 15.0. The average molecular weight is 701 g/mol. The molecular weight excluding hydrogens is 665 g/mol. The fraction of sp³-hybridized carbons (Fsp3) is 0.0444. The number of nitrogens with zero attached hydrogens (tertiary/aromatic N) is 5. The van der Waals surface area contributed by atoms with Gasteiger partial charge < -0.3 is 4.90 Å². The zero-order valence-corrected chi connectivity index (χ0v) is 31.7. The maximum absolute atomic E-state index is 5.20. The van der Waals surface area contributed by atoms with Crippen LogP contribution in [0.2, 0.25) is 0 Å². The van der Waals surface area contributed by atoms with Gasteiger partial charge >= 0.3 is 0 Å². The van der Waals surface area contributed by atoms with Crippen LogP contribution >= 0.6 is 0 Å². The van der Waals surface area contributed by atoms with Gasteiger partial charge in [0.1, 0.15) is 39.2 Å². The quantitative estimate of drug-likeness (QED) is 0.258. The summed E-state index contributed by atoms with van der Waals surface area (Å²) in [7, 11) is 11.4. The van der Waals surface area contributed by atoms with Crippen LogP contribution in [0, 0.1) is 0 Å². The average Bonchev–Trinajstić information content (AvgIpc) is 3.74. The molecule has 2 unspecified atom stereocenters. The number of anilines is 2. The third-order valence-electron chi connectivity index (χ3n) is 12.2. The summed E-state index contributed by atoms with van der Waals surface area (Å²) < 4.78 is 2.24. The first kappa shape index (κ1) is 33.3. The molecule has 0 saturated heterocycles. The highest BCUT2D eigenvalue weighted by molar-refractivity contribution is 6.68. The maximum Gasteiger partial charge on any atom is 0.238 e. The Labute approximate surface area is 325 Å². The van der Waals surface area contributed by atoms with Gasteiger partial charge in [0.05, 0.1) is 17.1 Å². The Kier molecular flexibility index (Phi) is 7.84. The fourth-order valence-electron chi connectivity index (χ4n) is 8.99. The molecule has 1 aliphatic heterocycles. The summed E-state index contributed by atoms with van der Waals surface area (Å²) >= 11 is 0. The lowest BCUT2D eigenvalue weighted by atomic mass is 9.59. The molecular formula is C45H36B5N5. The van der Waals surface area contributed by atoms with Crippen LogP contribution in [0.15, 0.2) is 146 Å². The molecule has 0 N–H and O–H groups in total. The summed E-state index contributed by atoms with van der Waals surface area (Å²) in [6, 6.07) is 43.0. The van der Waals surface area contributed by atoms with Crippen molar-refractivity contribution in [2.45, 2.75) is 12.0 Å². The van der Waals surface area contributed by atoms with E-state index in [1.54, 1.807) is 0 Å². The third kappa shape index (κ3) is 5.19. The van der Waals surface area contributed by atoms with E-state index < -0.39 is 0 Å². The van der Waals surface area contributed by atoms with Gasteiger partial charge in [-0.2, -0.15) is 9.97 Å². The molecule has 2 atom stereocenters. The van der Waals surface area contributed by atoms with Gasteiger partial charge in [-0.1, -0.05) is 132 Å². The zero-order valence-electron chi connectivity index (χ0n) is 31.7. The van der Waals surface area contributed by atoms with Gasteiger partial charge in [0.15, 0.2) is 11.6 Å². The highest BCUT2D eigenvalue weighted by atomic mass is 15.2. The van der Waals surface area contributed by atoms with Crippen molar-refractivity contribution >= 4 is 99.7 Å². The van der Waals surface area contributed by atoms with Gasteiger partial charge in [0.2, 0.25) is 5.95 Å². The van der Waals surface area contributed by atoms with Gasteiger partial charge in [-0.25, -0.2) is 4.98 Å². The van der Waals surface area contributed by atoms with E-state index in [4.69, 9.17) is 15.0 Å². The molecule has 2 aromatic heterocycles. The summed E-state index contributed by atoms with van der Waals surface area (Å²) in [6.45, 7) is 0. The molecule has 10 heteroatoms. The Morgan fingerprint density at radius 3 is 1.76 bits per heavy atom. The zero-order chi connectivity index (χ0) is 37.4. The number of hydrogen-bond donors (Lipinski definition) is 0. The molecule has 0 fully saturated rings. The van der Waals surface area contributed by atoms with E-state index >= 15 is 0 Å². The monoisotopic (exact) mass is 701 g/mol. The van der Waals surface area contributed by atoms with E-state index in [0.717, 1.165) is 27.5 Å². The van der Waals surface area contributed by atoms with Crippen LogP contribution in [0.3, 0.4) is 0 Å². The molecule has 0 radical (unpaired) electrons. The first-order valence-corrected chi connectivity index (χ1v) is 19.1. The molecule has 2 aliphatic rings. The molecule has 6 aromatic carbocycles. The summed E-state index contributed by atoms with van der Waals surface area (Å²) in [5, 5.41) is 2.33. The number of aromatic nitrogens is 4. The van der Waals surface area contributed by atoms with Crippen molar-refractivity contribution in [3.8, 4) is 39.9 Å². The Balaban J connectivity index is 1.23. The normalized spacial score (nSPS) is 15.8. The Hall–Kier alpha value is -6.27. The summed E-state index contributed by atoms with van der Waals surface area (Å²) in [5.41, 5.74) is 17.2. The van der Waals surface area contributed by atoms with E-state index in [0.29, 0.717) is 17.6 Å². The minimum absolute atomic E-state index is 0.132. The fourth-order valence-corrected chi connectivity index (χ4v) is 8.99. The largest absolute Gasteiger partial charge is 0.333 e. The molecule has 8 aromatic rings. The number of hydrogen-bond acceptors (Lipinski definition) is 4. The standard InChI is InChI=1S/C45H36B5N5/c46-38-37(39(47)41(49)42(50)40(38)48)29-19-9-12-22-34(29)54-32-20-10-7-17-27(32)30-24-36-31(23-35(30)54)28-18-8-11-21-33(28)55(36)45-52-43(25-13-3-1-4-14-25)51-44(53-45)26-15-5-2-6-16-26/h1-24,27,32H,46-50H2. The lowest BCUT2D eigenvalue weighted by Gasteiger charge is -2.32. The Morgan fingerprint density at radius 1 is 0.491 bits per heavy atom. The minimum Gasteiger partial charge on any atom is -0.333 e. The highest BCUT2D eigenvalue weighted by Gasteiger charge is 2.39. The molecule has 0 amide bonds. The Bertz CT molecular complexity index is 2820. The molecule has 10 rings (SSSR count). The van der Waals surface area contributed by atoms with Crippen LogP contribution in [0.4, 0.5) is 11.4 Å². The second kappa shape index (κ2) is 12.9. The Morgan fingerprint density at radius 2 is 1.07 bits per heavy atom. The van der Waals surface area contributed by atoms with E-state index in [-0.39, 0.29) is 12.0 Å². The summed E-state index contributed by atoms with van der Waals surface area (Å²) in [5.74, 6) is 2.07. The number of rotatable bonds is 5. The second-order valence-electron chi connectivity index (χ2n) is 15.0. The maximum atomic E-state index is 5.20. The molecule has 0 bridgehead atoms. The van der Waals surface area contributed by atoms with Gasteiger partial charge in [0.25, 0.3) is 0 Å². The SMILES string of the molecule is Bc1c(B)c(B)c(-c2ccccc2N2c3cc4c5ccccc5n(-c5nc(-c6ccccc6)nc(-c6ccccc6)n5)c4cc3C3C=CC=CC32)c(B)c1B. The van der Waals surface area contributed by atoms with Crippen molar-refractivity contribution in [2.75, 3.05) is 4.90 Å². The van der Waals surface area contributed by atoms with E-state index in [1.165, 1.54) is 60.8 Å². The van der Waals surface area contributed by atoms with E-state index in [9.17, 15) is 0 Å². The molecule has 5 nitrogen and oxygen atoms in total. The van der Waals surface area contributed by atoms with Gasteiger partial charge in [-0.05, 0) is 35.4 Å². The molecule has 1 aliphatic carbocycles. The van der Waals surface area contributed by atoms with Crippen LogP contribution in [0.1, 0.15) is 11.5 Å². The first-order chi connectivity index (χ1) is 26.9. The van der Waals surface area contributed by atoms with Crippen molar-refractivity contribution in [3.05, 3.63) is 151 Å². The van der Waals surface area contributed by atoms with Gasteiger partial charge in [-0.3, -0.25) is 4.57 Å². The van der Waals surface area contributed by atoms with Crippen LogP contribution in [0.25, 0.3) is 61.7 Å². The molecule has 55 heavy (non-hydrogen) atoms. The predicted octanol–water partition coefficient (Wildman–Crippen LogP) is 1.99. The highest BCUT2D eigenvalue weighted by Crippen LogP contribution is 2.51. The van der Waals surface area contributed by atoms with E-state index in [2.05, 4.69) is 158 Å². The summed E-state index contributed by atoms with van der Waals surface area (Å²) in [6.07, 6.45) is 9.14. The number of fused-ring (bicyclic) bond motifs is 6. The number of para-hydroxylation sites is 2. The number of allylic oxidation sites excluding steroid dienone is 2. The molecule has 0 saturated carbocycles. The lowest BCUT2D eigenvalue weighted by molar-refractivity contribution is 0.745. The lowest BCUT2D eigenvalue weighted by Crippen LogP contribution is -2.55. The minimum atomic E-state index is 0.132. The van der Waals surface area contributed by atoms with Crippen LogP contribution in [-0.2, 0) is 0 Å². The van der Waals surface area contributed by atoms with Crippen molar-refractivity contribution in [3.63, 3.8) is 0 Å². The van der Waals surface area contributed by atoms with E-state index in [1.807, 2.05) is 36.4 Å². The predicted molar refractivity (Wildman–Crippen MR) is 245 cm³/mol. The molecule has 3 heterocycles. The summed E-state index contributed by atoms with van der Waals surface area (Å²) in [4.78, 5) is 18.0. The van der Waals surface area contributed by atoms with Crippen LogP contribution in [0.5, 0.6) is 0 Å². The van der Waals surface area contributed by atoms with Gasteiger partial charge in [-0.15, -0.1) is 16.4 Å². The number of benzene rings is 6. The van der Waals surface area contributed by atoms with Crippen molar-refractivity contribution < 1.29 is 0 Å². The van der Waals surface area contributed by atoms with Crippen LogP contribution in [-0.4, -0.2) is 64.8 Å². The molecule has 256 valence electrons. The third-order valence-corrected chi connectivity index (χ3v) is 12.2. The van der Waals surface area contributed by atoms with Crippen molar-refractivity contribution in [1.29, 1.82) is 0 Å². The smallest absolute Gasteiger partial charge is 0.238 e. The van der Waals surface area contributed by atoms with Crippen molar-refractivity contribution in [2.24, 2.45) is 0 Å². The van der Waals surface area contributed by atoms with Crippen LogP contribution < -0.4 is 32.2 Å². The topological polar surface area (TPSA) is 46.8 Å². The molecule has 0 spiro atoms.